The summed E-state index contributed by atoms with van der Waals surface area (Å²) in [7, 11) is 0. The van der Waals surface area contributed by atoms with Crippen LogP contribution < -0.4 is 5.32 Å². The van der Waals surface area contributed by atoms with Gasteiger partial charge in [-0.25, -0.2) is 0 Å². The second kappa shape index (κ2) is 5.66. The van der Waals surface area contributed by atoms with E-state index < -0.39 is 0 Å². The van der Waals surface area contributed by atoms with Crippen molar-refractivity contribution in [3.05, 3.63) is 11.7 Å². The number of hydrogen-bond acceptors (Lipinski definition) is 5. The first-order valence-corrected chi connectivity index (χ1v) is 4.50. The largest absolute Gasteiger partial charge is 0.396 e. The molecule has 0 aliphatic rings. The van der Waals surface area contributed by atoms with Gasteiger partial charge >= 0.3 is 0 Å². The predicted octanol–water partition coefficient (Wildman–Crippen LogP) is 0.104. The summed E-state index contributed by atoms with van der Waals surface area (Å²) in [4.78, 5) is 4.07. The van der Waals surface area contributed by atoms with Gasteiger partial charge in [0.2, 0.25) is 5.89 Å². The number of hydrogen-bond donors (Lipinski definition) is 2. The fourth-order valence-electron chi connectivity index (χ4n) is 0.936. The van der Waals surface area contributed by atoms with E-state index in [1.807, 2.05) is 0 Å². The van der Waals surface area contributed by atoms with Gasteiger partial charge in [-0.2, -0.15) is 4.98 Å². The number of nitrogens with one attached hydrogen (secondary N) is 1. The lowest BCUT2D eigenvalue weighted by Crippen LogP contribution is -2.13. The monoisotopic (exact) mass is 185 g/mol. The number of aliphatic hydroxyl groups excluding tert-OH is 1. The Kier molecular flexibility index (Phi) is 4.42. The van der Waals surface area contributed by atoms with E-state index in [2.05, 4.69) is 22.4 Å². The first-order valence-electron chi connectivity index (χ1n) is 4.50. The molecule has 5 heteroatoms. The molecule has 13 heavy (non-hydrogen) atoms. The molecule has 0 unspecified atom stereocenters. The summed E-state index contributed by atoms with van der Waals surface area (Å²) < 4.78 is 4.93. The maximum absolute atomic E-state index is 8.61. The van der Waals surface area contributed by atoms with Crippen LogP contribution in [0, 0.1) is 0 Å². The lowest BCUT2D eigenvalue weighted by atomic mass is 10.4. The zero-order valence-electron chi connectivity index (χ0n) is 7.79. The highest BCUT2D eigenvalue weighted by Gasteiger charge is 2.03. The third-order valence-corrected chi connectivity index (χ3v) is 1.55. The maximum atomic E-state index is 8.61. The van der Waals surface area contributed by atoms with Gasteiger partial charge in [-0.05, 0) is 13.0 Å². The Morgan fingerprint density at radius 3 is 3.08 bits per heavy atom. The minimum atomic E-state index is 0.0569. The summed E-state index contributed by atoms with van der Waals surface area (Å²) >= 11 is 0. The van der Waals surface area contributed by atoms with E-state index in [1.54, 1.807) is 0 Å². The van der Waals surface area contributed by atoms with Crippen LogP contribution in [0.3, 0.4) is 0 Å². The van der Waals surface area contributed by atoms with Crippen LogP contribution >= 0.6 is 0 Å². The molecule has 1 aromatic heterocycles. The van der Waals surface area contributed by atoms with Crippen molar-refractivity contribution in [3.63, 3.8) is 0 Å². The normalized spacial score (nSPS) is 10.6. The molecule has 0 saturated heterocycles. The molecular weight excluding hydrogens is 170 g/mol. The molecule has 1 aromatic rings. The Morgan fingerprint density at radius 1 is 1.54 bits per heavy atom. The van der Waals surface area contributed by atoms with Crippen LogP contribution in [0.5, 0.6) is 0 Å². The minimum Gasteiger partial charge on any atom is -0.396 e. The molecule has 5 nitrogen and oxygen atoms in total. The van der Waals surface area contributed by atoms with Gasteiger partial charge in [-0.15, -0.1) is 0 Å². The molecule has 0 aliphatic heterocycles. The molecule has 1 rings (SSSR count). The van der Waals surface area contributed by atoms with Gasteiger partial charge in [0, 0.05) is 6.42 Å². The Labute approximate surface area is 77.2 Å². The van der Waals surface area contributed by atoms with E-state index in [9.17, 15) is 0 Å². The average Bonchev–Trinajstić information content (AvgIpc) is 2.54. The van der Waals surface area contributed by atoms with Crippen LogP contribution in [0.1, 0.15) is 25.1 Å². The SMILES string of the molecule is CCCNCc1nc(CCO)no1. The van der Waals surface area contributed by atoms with Crippen LogP contribution in [-0.2, 0) is 13.0 Å². The fraction of sp³-hybridized carbons (Fsp3) is 0.750. The molecule has 0 radical (unpaired) electrons. The summed E-state index contributed by atoms with van der Waals surface area (Å²) in [6.07, 6.45) is 1.54. The second-order valence-corrected chi connectivity index (χ2v) is 2.75. The number of aromatic nitrogens is 2. The van der Waals surface area contributed by atoms with Gasteiger partial charge in [0.25, 0.3) is 0 Å². The van der Waals surface area contributed by atoms with Crippen LogP contribution in [0.15, 0.2) is 4.52 Å². The van der Waals surface area contributed by atoms with Gasteiger partial charge in [0.1, 0.15) is 0 Å². The van der Waals surface area contributed by atoms with Crippen LogP contribution in [0.25, 0.3) is 0 Å². The van der Waals surface area contributed by atoms with Crippen molar-refractivity contribution in [1.82, 2.24) is 15.5 Å². The van der Waals surface area contributed by atoms with Crippen molar-refractivity contribution in [2.45, 2.75) is 26.3 Å². The van der Waals surface area contributed by atoms with E-state index in [-0.39, 0.29) is 6.61 Å². The van der Waals surface area contributed by atoms with E-state index in [0.717, 1.165) is 13.0 Å². The van der Waals surface area contributed by atoms with Crippen LogP contribution in [0.4, 0.5) is 0 Å². The number of aliphatic hydroxyl groups is 1. The van der Waals surface area contributed by atoms with Crippen molar-refractivity contribution >= 4 is 0 Å². The molecule has 0 saturated carbocycles. The third-order valence-electron chi connectivity index (χ3n) is 1.55. The molecule has 0 atom stereocenters. The number of nitrogens with zero attached hydrogens (tertiary/aromatic N) is 2. The second-order valence-electron chi connectivity index (χ2n) is 2.75. The van der Waals surface area contributed by atoms with Gasteiger partial charge in [0.15, 0.2) is 5.82 Å². The Morgan fingerprint density at radius 2 is 2.38 bits per heavy atom. The summed E-state index contributed by atoms with van der Waals surface area (Å²) in [5, 5.41) is 15.5. The van der Waals surface area contributed by atoms with Crippen molar-refractivity contribution in [2.24, 2.45) is 0 Å². The quantitative estimate of drug-likeness (QED) is 0.615. The predicted molar refractivity (Wildman–Crippen MR) is 47.1 cm³/mol. The summed E-state index contributed by atoms with van der Waals surface area (Å²) in [6, 6.07) is 0. The van der Waals surface area contributed by atoms with Crippen LogP contribution in [0.2, 0.25) is 0 Å². The minimum absolute atomic E-state index is 0.0569. The smallest absolute Gasteiger partial charge is 0.240 e. The first-order chi connectivity index (χ1) is 6.36. The first kappa shape index (κ1) is 10.1. The molecule has 1 heterocycles. The lowest BCUT2D eigenvalue weighted by Gasteiger charge is -1.95. The molecule has 0 bridgehead atoms. The summed E-state index contributed by atoms with van der Waals surface area (Å²) in [5.74, 6) is 1.15. The van der Waals surface area contributed by atoms with Gasteiger partial charge in [-0.1, -0.05) is 12.1 Å². The zero-order chi connectivity index (χ0) is 9.52. The fourth-order valence-corrected chi connectivity index (χ4v) is 0.936. The molecule has 0 aromatic carbocycles. The Bertz CT molecular complexity index is 237. The van der Waals surface area contributed by atoms with E-state index >= 15 is 0 Å². The highest BCUT2D eigenvalue weighted by atomic mass is 16.5. The Balaban J connectivity index is 2.31. The van der Waals surface area contributed by atoms with Crippen LogP contribution in [-0.4, -0.2) is 28.4 Å². The maximum Gasteiger partial charge on any atom is 0.240 e. The summed E-state index contributed by atoms with van der Waals surface area (Å²) in [6.45, 7) is 3.70. The number of rotatable bonds is 6. The van der Waals surface area contributed by atoms with Crippen molar-refractivity contribution in [1.29, 1.82) is 0 Å². The van der Waals surface area contributed by atoms with E-state index in [1.165, 1.54) is 0 Å². The molecule has 2 N–H and O–H groups in total. The molecule has 74 valence electrons. The van der Waals surface area contributed by atoms with Crippen molar-refractivity contribution < 1.29 is 9.63 Å². The van der Waals surface area contributed by atoms with E-state index in [0.29, 0.717) is 24.7 Å². The van der Waals surface area contributed by atoms with E-state index in [4.69, 9.17) is 9.63 Å². The van der Waals surface area contributed by atoms with Gasteiger partial charge < -0.3 is 14.9 Å². The highest BCUT2D eigenvalue weighted by molar-refractivity contribution is 4.85. The molecule has 0 spiro atoms. The third kappa shape index (κ3) is 3.52. The zero-order valence-corrected chi connectivity index (χ0v) is 7.79. The molecular formula is C8H15N3O2. The van der Waals surface area contributed by atoms with Gasteiger partial charge in [0.05, 0.1) is 13.2 Å². The van der Waals surface area contributed by atoms with Crippen molar-refractivity contribution in [3.8, 4) is 0 Å². The molecule has 0 aliphatic carbocycles. The molecule has 0 fully saturated rings. The lowest BCUT2D eigenvalue weighted by molar-refractivity contribution is 0.292. The average molecular weight is 185 g/mol. The summed E-state index contributed by atoms with van der Waals surface area (Å²) in [5.41, 5.74) is 0. The van der Waals surface area contributed by atoms with Gasteiger partial charge in [-0.3, -0.25) is 0 Å². The van der Waals surface area contributed by atoms with Crippen molar-refractivity contribution in [2.75, 3.05) is 13.2 Å². The molecule has 0 amide bonds. The standard InChI is InChI=1S/C8H15N3O2/c1-2-4-9-6-8-10-7(3-5-12)11-13-8/h9,12H,2-6H2,1H3. The topological polar surface area (TPSA) is 71.2 Å². The Hall–Kier alpha value is -0.940. The highest BCUT2D eigenvalue weighted by Crippen LogP contribution is 1.97.